The van der Waals surface area contributed by atoms with Gasteiger partial charge in [0.05, 0.1) is 10.7 Å². The zero-order valence-corrected chi connectivity index (χ0v) is 11.7. The topological polar surface area (TPSA) is 40.5 Å². The van der Waals surface area contributed by atoms with Crippen LogP contribution in [-0.2, 0) is 4.79 Å². The summed E-state index contributed by atoms with van der Waals surface area (Å²) in [5.41, 5.74) is 1.75. The molecule has 1 aromatic carbocycles. The summed E-state index contributed by atoms with van der Waals surface area (Å²) < 4.78 is 0. The minimum Gasteiger partial charge on any atom is -0.478 e. The first-order valence-corrected chi connectivity index (χ1v) is 6.86. The Balaban J connectivity index is 2.23. The van der Waals surface area contributed by atoms with E-state index in [1.54, 1.807) is 6.08 Å². The third-order valence-corrected chi connectivity index (χ3v) is 3.87. The highest BCUT2D eigenvalue weighted by atomic mass is 35.5. The molecule has 2 rings (SSSR count). The molecule has 1 N–H and O–H groups in total. The number of anilines is 1. The number of carboxylic acid groups (broad SMARTS) is 1. The van der Waals surface area contributed by atoms with Gasteiger partial charge in [0.15, 0.2) is 0 Å². The first-order chi connectivity index (χ1) is 9.08. The van der Waals surface area contributed by atoms with Crippen LogP contribution in [0.15, 0.2) is 24.3 Å². The van der Waals surface area contributed by atoms with Crippen molar-refractivity contribution in [2.24, 2.45) is 5.92 Å². The van der Waals surface area contributed by atoms with Crippen LogP contribution in [0.5, 0.6) is 0 Å². The second-order valence-electron chi connectivity index (χ2n) is 5.03. The van der Waals surface area contributed by atoms with Gasteiger partial charge in [-0.05, 0) is 36.5 Å². The third-order valence-electron chi connectivity index (χ3n) is 3.56. The fourth-order valence-electron chi connectivity index (χ4n) is 2.38. The van der Waals surface area contributed by atoms with Crippen molar-refractivity contribution in [3.63, 3.8) is 0 Å². The van der Waals surface area contributed by atoms with Crippen LogP contribution in [0.4, 0.5) is 5.69 Å². The standard InChI is InChI=1S/C15H18ClNO2/c1-17(10-11-4-2-5-11)15-12(8-9-14(18)19)6-3-7-13(15)16/h3,6-9,11H,2,4-5,10H2,1H3,(H,18,19)/b9-8+. The van der Waals surface area contributed by atoms with Gasteiger partial charge in [0, 0.05) is 19.7 Å². The quantitative estimate of drug-likeness (QED) is 0.836. The summed E-state index contributed by atoms with van der Waals surface area (Å²) in [5, 5.41) is 9.39. The molecular weight excluding hydrogens is 262 g/mol. The lowest BCUT2D eigenvalue weighted by Crippen LogP contribution is -2.29. The number of hydrogen-bond donors (Lipinski definition) is 1. The van der Waals surface area contributed by atoms with Crippen molar-refractivity contribution in [1.29, 1.82) is 0 Å². The van der Waals surface area contributed by atoms with E-state index in [-0.39, 0.29) is 0 Å². The van der Waals surface area contributed by atoms with Crippen LogP contribution in [-0.4, -0.2) is 24.7 Å². The number of aliphatic carboxylic acids is 1. The van der Waals surface area contributed by atoms with Gasteiger partial charge in [-0.2, -0.15) is 0 Å². The molecule has 1 aromatic rings. The molecule has 0 unspecified atom stereocenters. The van der Waals surface area contributed by atoms with E-state index in [0.29, 0.717) is 5.02 Å². The molecule has 4 heteroatoms. The Morgan fingerprint density at radius 1 is 1.53 bits per heavy atom. The van der Waals surface area contributed by atoms with Gasteiger partial charge in [-0.3, -0.25) is 0 Å². The number of rotatable bonds is 5. The zero-order valence-electron chi connectivity index (χ0n) is 11.0. The van der Waals surface area contributed by atoms with Crippen LogP contribution in [0, 0.1) is 5.92 Å². The predicted octanol–water partition coefficient (Wildman–Crippen LogP) is 3.67. The van der Waals surface area contributed by atoms with Crippen molar-refractivity contribution in [1.82, 2.24) is 0 Å². The van der Waals surface area contributed by atoms with Crippen LogP contribution >= 0.6 is 11.6 Å². The maximum absolute atomic E-state index is 10.6. The lowest BCUT2D eigenvalue weighted by Gasteiger charge is -2.32. The Morgan fingerprint density at radius 3 is 2.84 bits per heavy atom. The number of hydrogen-bond acceptors (Lipinski definition) is 2. The molecular formula is C15H18ClNO2. The van der Waals surface area contributed by atoms with Crippen molar-refractivity contribution in [2.45, 2.75) is 19.3 Å². The van der Waals surface area contributed by atoms with E-state index >= 15 is 0 Å². The minimum atomic E-state index is -0.951. The molecule has 19 heavy (non-hydrogen) atoms. The summed E-state index contributed by atoms with van der Waals surface area (Å²) in [4.78, 5) is 12.8. The number of carbonyl (C=O) groups is 1. The van der Waals surface area contributed by atoms with E-state index in [1.807, 2.05) is 25.2 Å². The van der Waals surface area contributed by atoms with E-state index in [9.17, 15) is 4.79 Å². The molecule has 1 aliphatic carbocycles. The van der Waals surface area contributed by atoms with Gasteiger partial charge < -0.3 is 10.0 Å². The highest BCUT2D eigenvalue weighted by molar-refractivity contribution is 6.33. The lowest BCUT2D eigenvalue weighted by molar-refractivity contribution is -0.131. The molecule has 0 amide bonds. The fourth-order valence-corrected chi connectivity index (χ4v) is 2.71. The van der Waals surface area contributed by atoms with E-state index < -0.39 is 5.97 Å². The maximum atomic E-state index is 10.6. The van der Waals surface area contributed by atoms with Gasteiger partial charge in [0.25, 0.3) is 0 Å². The van der Waals surface area contributed by atoms with Gasteiger partial charge in [0.1, 0.15) is 0 Å². The number of nitrogens with zero attached hydrogens (tertiary/aromatic N) is 1. The summed E-state index contributed by atoms with van der Waals surface area (Å²) in [7, 11) is 2.01. The molecule has 0 saturated heterocycles. The molecule has 0 aromatic heterocycles. The van der Waals surface area contributed by atoms with Crippen molar-refractivity contribution in [2.75, 3.05) is 18.5 Å². The zero-order chi connectivity index (χ0) is 13.8. The van der Waals surface area contributed by atoms with Crippen LogP contribution in [0.25, 0.3) is 6.08 Å². The maximum Gasteiger partial charge on any atom is 0.328 e. The van der Waals surface area contributed by atoms with E-state index in [1.165, 1.54) is 19.3 Å². The number of benzene rings is 1. The Labute approximate surface area is 118 Å². The summed E-state index contributed by atoms with van der Waals surface area (Å²) in [6.45, 7) is 0.970. The highest BCUT2D eigenvalue weighted by Gasteiger charge is 2.21. The normalized spacial score (nSPS) is 15.5. The summed E-state index contributed by atoms with van der Waals surface area (Å²) in [6, 6.07) is 5.56. The SMILES string of the molecule is CN(CC1CCC1)c1c(Cl)cccc1/C=C/C(=O)O. The Hall–Kier alpha value is -1.48. The molecule has 1 aliphatic rings. The molecule has 0 spiro atoms. The average molecular weight is 280 g/mol. The fraction of sp³-hybridized carbons (Fsp3) is 0.400. The number of para-hydroxylation sites is 1. The van der Waals surface area contributed by atoms with Gasteiger partial charge in [0.2, 0.25) is 0 Å². The molecule has 0 aliphatic heterocycles. The summed E-state index contributed by atoms with van der Waals surface area (Å²) in [5.74, 6) is -0.217. The monoisotopic (exact) mass is 279 g/mol. The second kappa shape index (κ2) is 6.11. The molecule has 0 heterocycles. The Bertz CT molecular complexity index is 495. The minimum absolute atomic E-state index is 0.661. The molecule has 3 nitrogen and oxygen atoms in total. The van der Waals surface area contributed by atoms with Crippen LogP contribution in [0.3, 0.4) is 0 Å². The highest BCUT2D eigenvalue weighted by Crippen LogP contribution is 2.33. The molecule has 0 atom stereocenters. The van der Waals surface area contributed by atoms with Gasteiger partial charge >= 0.3 is 5.97 Å². The van der Waals surface area contributed by atoms with Crippen molar-refractivity contribution >= 4 is 29.3 Å². The van der Waals surface area contributed by atoms with Crippen molar-refractivity contribution < 1.29 is 9.90 Å². The number of carboxylic acids is 1. The van der Waals surface area contributed by atoms with Gasteiger partial charge in [-0.25, -0.2) is 4.79 Å². The molecule has 1 fully saturated rings. The predicted molar refractivity (Wildman–Crippen MR) is 78.7 cm³/mol. The first-order valence-electron chi connectivity index (χ1n) is 6.48. The molecule has 1 saturated carbocycles. The molecule has 0 radical (unpaired) electrons. The second-order valence-corrected chi connectivity index (χ2v) is 5.43. The van der Waals surface area contributed by atoms with Crippen molar-refractivity contribution in [3.05, 3.63) is 34.9 Å². The Morgan fingerprint density at radius 2 is 2.26 bits per heavy atom. The lowest BCUT2D eigenvalue weighted by atomic mass is 9.85. The number of halogens is 1. The average Bonchev–Trinajstić information content (AvgIpc) is 2.31. The summed E-state index contributed by atoms with van der Waals surface area (Å²) >= 11 is 6.26. The van der Waals surface area contributed by atoms with Gasteiger partial charge in [-0.1, -0.05) is 30.2 Å². The first kappa shape index (κ1) is 13.9. The van der Waals surface area contributed by atoms with Gasteiger partial charge in [-0.15, -0.1) is 0 Å². The van der Waals surface area contributed by atoms with Crippen LogP contribution in [0.1, 0.15) is 24.8 Å². The van der Waals surface area contributed by atoms with E-state index in [4.69, 9.17) is 16.7 Å². The Kier molecular flexibility index (Phi) is 4.48. The van der Waals surface area contributed by atoms with E-state index in [2.05, 4.69) is 4.90 Å². The third kappa shape index (κ3) is 3.51. The van der Waals surface area contributed by atoms with Crippen LogP contribution in [0.2, 0.25) is 5.02 Å². The van der Waals surface area contributed by atoms with E-state index in [0.717, 1.165) is 29.8 Å². The molecule has 0 bridgehead atoms. The smallest absolute Gasteiger partial charge is 0.328 e. The largest absolute Gasteiger partial charge is 0.478 e. The van der Waals surface area contributed by atoms with Crippen molar-refractivity contribution in [3.8, 4) is 0 Å². The summed E-state index contributed by atoms with van der Waals surface area (Å²) in [6.07, 6.45) is 6.60. The van der Waals surface area contributed by atoms with Crippen LogP contribution < -0.4 is 4.90 Å². The molecule has 102 valence electrons.